The normalized spacial score (nSPS) is 21.1. The molecular formula is C12H20N2O3. The molecule has 1 amide bonds. The molecule has 0 aliphatic heterocycles. The Morgan fingerprint density at radius 1 is 1.35 bits per heavy atom. The molecule has 1 atom stereocenters. The van der Waals surface area contributed by atoms with E-state index in [0.717, 1.165) is 25.7 Å². The molecule has 0 bridgehead atoms. The molecule has 0 radical (unpaired) electrons. The summed E-state index contributed by atoms with van der Waals surface area (Å²) < 4.78 is 4.80. The molecule has 2 saturated carbocycles. The van der Waals surface area contributed by atoms with Gasteiger partial charge in [-0.2, -0.15) is 0 Å². The van der Waals surface area contributed by atoms with Gasteiger partial charge >= 0.3 is 5.97 Å². The number of ether oxygens (including phenoxy) is 1. The van der Waals surface area contributed by atoms with Gasteiger partial charge in [0.05, 0.1) is 13.7 Å². The third kappa shape index (κ3) is 3.43. The van der Waals surface area contributed by atoms with E-state index < -0.39 is 0 Å². The van der Waals surface area contributed by atoms with Crippen molar-refractivity contribution in [1.29, 1.82) is 0 Å². The zero-order chi connectivity index (χ0) is 12.4. The van der Waals surface area contributed by atoms with Crippen LogP contribution in [0.5, 0.6) is 0 Å². The van der Waals surface area contributed by atoms with Crippen molar-refractivity contribution < 1.29 is 14.3 Å². The molecule has 0 spiro atoms. The van der Waals surface area contributed by atoms with E-state index in [2.05, 4.69) is 5.32 Å². The van der Waals surface area contributed by atoms with Gasteiger partial charge in [0.25, 0.3) is 0 Å². The summed E-state index contributed by atoms with van der Waals surface area (Å²) in [6, 6.07) is 0.110. The smallest absolute Gasteiger partial charge is 0.323 e. The molecule has 0 aromatic rings. The average molecular weight is 240 g/mol. The van der Waals surface area contributed by atoms with Gasteiger partial charge in [0.1, 0.15) is 6.04 Å². The number of carbonyl (C=O) groups is 2. The van der Waals surface area contributed by atoms with Crippen LogP contribution in [0.2, 0.25) is 0 Å². The number of carbonyl (C=O) groups excluding carboxylic acids is 2. The van der Waals surface area contributed by atoms with E-state index in [-0.39, 0.29) is 24.5 Å². The first-order chi connectivity index (χ1) is 8.11. The molecule has 0 aromatic heterocycles. The SMILES string of the molecule is COC(=O)C(C1CC1)N(C)CC(=O)NC1CC1. The lowest BCUT2D eigenvalue weighted by molar-refractivity contribution is -0.147. The van der Waals surface area contributed by atoms with Gasteiger partial charge in [0.2, 0.25) is 5.91 Å². The van der Waals surface area contributed by atoms with E-state index >= 15 is 0 Å². The largest absolute Gasteiger partial charge is 0.468 e. The molecule has 96 valence electrons. The van der Waals surface area contributed by atoms with Crippen LogP contribution >= 0.6 is 0 Å². The van der Waals surface area contributed by atoms with E-state index in [1.807, 2.05) is 7.05 Å². The molecule has 2 aliphatic carbocycles. The second-order valence-corrected chi connectivity index (χ2v) is 5.06. The summed E-state index contributed by atoms with van der Waals surface area (Å²) in [5.41, 5.74) is 0. The Morgan fingerprint density at radius 2 is 2.00 bits per heavy atom. The molecule has 2 rings (SSSR count). The third-order valence-corrected chi connectivity index (χ3v) is 3.32. The summed E-state index contributed by atoms with van der Waals surface area (Å²) >= 11 is 0. The standard InChI is InChI=1S/C12H20N2O3/c1-14(7-10(15)13-9-5-6-9)11(8-3-4-8)12(16)17-2/h8-9,11H,3-7H2,1-2H3,(H,13,15). The summed E-state index contributed by atoms with van der Waals surface area (Å²) in [5, 5.41) is 2.92. The van der Waals surface area contributed by atoms with Gasteiger partial charge in [-0.05, 0) is 38.6 Å². The summed E-state index contributed by atoms with van der Waals surface area (Å²) in [4.78, 5) is 25.1. The summed E-state index contributed by atoms with van der Waals surface area (Å²) in [7, 11) is 3.21. The Morgan fingerprint density at radius 3 is 2.47 bits per heavy atom. The van der Waals surface area contributed by atoms with Gasteiger partial charge in [-0.1, -0.05) is 0 Å². The molecule has 5 nitrogen and oxygen atoms in total. The molecule has 2 fully saturated rings. The Labute approximate surface area is 101 Å². The first-order valence-electron chi connectivity index (χ1n) is 6.19. The quantitative estimate of drug-likeness (QED) is 0.671. The molecule has 0 saturated heterocycles. The third-order valence-electron chi connectivity index (χ3n) is 3.32. The van der Waals surface area contributed by atoms with Crippen molar-refractivity contribution >= 4 is 11.9 Å². The van der Waals surface area contributed by atoms with Crippen LogP contribution < -0.4 is 5.32 Å². The molecule has 5 heteroatoms. The van der Waals surface area contributed by atoms with Crippen molar-refractivity contribution in [2.24, 2.45) is 5.92 Å². The lowest BCUT2D eigenvalue weighted by atomic mass is 10.1. The van der Waals surface area contributed by atoms with E-state index in [1.54, 1.807) is 4.90 Å². The number of methoxy groups -OCH3 is 1. The van der Waals surface area contributed by atoms with Gasteiger partial charge < -0.3 is 10.1 Å². The number of esters is 1. The topological polar surface area (TPSA) is 58.6 Å². The highest BCUT2D eigenvalue weighted by atomic mass is 16.5. The van der Waals surface area contributed by atoms with Crippen molar-refractivity contribution in [2.75, 3.05) is 20.7 Å². The van der Waals surface area contributed by atoms with Crippen molar-refractivity contribution in [3.63, 3.8) is 0 Å². The average Bonchev–Trinajstić information content (AvgIpc) is 3.11. The van der Waals surface area contributed by atoms with Crippen LogP contribution in [0.3, 0.4) is 0 Å². The van der Waals surface area contributed by atoms with Crippen LogP contribution in [0.4, 0.5) is 0 Å². The minimum absolute atomic E-state index is 0.00422. The molecule has 0 aromatic carbocycles. The summed E-state index contributed by atoms with van der Waals surface area (Å²) in [5.74, 6) is 0.139. The summed E-state index contributed by atoms with van der Waals surface area (Å²) in [6.07, 6.45) is 4.26. The number of likely N-dealkylation sites (N-methyl/N-ethyl adjacent to an activating group) is 1. The maximum atomic E-state index is 11.7. The minimum atomic E-state index is -0.259. The van der Waals surface area contributed by atoms with Gasteiger partial charge in [-0.25, -0.2) is 0 Å². The monoisotopic (exact) mass is 240 g/mol. The lowest BCUT2D eigenvalue weighted by Gasteiger charge is -2.25. The fraction of sp³-hybridized carbons (Fsp3) is 0.833. The maximum Gasteiger partial charge on any atom is 0.323 e. The van der Waals surface area contributed by atoms with E-state index in [9.17, 15) is 9.59 Å². The van der Waals surface area contributed by atoms with Crippen LogP contribution in [0, 0.1) is 5.92 Å². The van der Waals surface area contributed by atoms with Crippen molar-refractivity contribution in [1.82, 2.24) is 10.2 Å². The lowest BCUT2D eigenvalue weighted by Crippen LogP contribution is -2.46. The van der Waals surface area contributed by atoms with Gasteiger partial charge in [-0.3, -0.25) is 14.5 Å². The number of nitrogens with one attached hydrogen (secondary N) is 1. The molecule has 2 aliphatic rings. The number of hydrogen-bond acceptors (Lipinski definition) is 4. The van der Waals surface area contributed by atoms with Crippen molar-refractivity contribution in [2.45, 2.75) is 37.8 Å². The van der Waals surface area contributed by atoms with Gasteiger partial charge in [0, 0.05) is 6.04 Å². The predicted octanol–water partition coefficient (Wildman–Crippen LogP) is 0.148. The van der Waals surface area contributed by atoms with E-state index in [0.29, 0.717) is 12.0 Å². The van der Waals surface area contributed by atoms with Crippen LogP contribution in [0.25, 0.3) is 0 Å². The predicted molar refractivity (Wildman–Crippen MR) is 62.3 cm³/mol. The number of amides is 1. The highest BCUT2D eigenvalue weighted by Gasteiger charge is 2.40. The van der Waals surface area contributed by atoms with E-state index in [1.165, 1.54) is 7.11 Å². The fourth-order valence-corrected chi connectivity index (χ4v) is 2.09. The van der Waals surface area contributed by atoms with Crippen LogP contribution in [0.15, 0.2) is 0 Å². The first-order valence-corrected chi connectivity index (χ1v) is 6.19. The second kappa shape index (κ2) is 5.04. The Bertz CT molecular complexity index is 311. The molecule has 0 heterocycles. The van der Waals surface area contributed by atoms with Crippen molar-refractivity contribution in [3.05, 3.63) is 0 Å². The van der Waals surface area contributed by atoms with Crippen molar-refractivity contribution in [3.8, 4) is 0 Å². The molecule has 1 unspecified atom stereocenters. The highest BCUT2D eigenvalue weighted by Crippen LogP contribution is 2.35. The maximum absolute atomic E-state index is 11.7. The van der Waals surface area contributed by atoms with Gasteiger partial charge in [-0.15, -0.1) is 0 Å². The molecular weight excluding hydrogens is 220 g/mol. The Kier molecular flexibility index (Phi) is 3.66. The Hall–Kier alpha value is -1.10. The van der Waals surface area contributed by atoms with E-state index in [4.69, 9.17) is 4.74 Å². The van der Waals surface area contributed by atoms with Gasteiger partial charge in [0.15, 0.2) is 0 Å². The first kappa shape index (κ1) is 12.4. The highest BCUT2D eigenvalue weighted by molar-refractivity contribution is 5.81. The molecule has 1 N–H and O–H groups in total. The molecule has 17 heavy (non-hydrogen) atoms. The zero-order valence-corrected chi connectivity index (χ0v) is 10.4. The minimum Gasteiger partial charge on any atom is -0.468 e. The van der Waals surface area contributed by atoms with Crippen LogP contribution in [0.1, 0.15) is 25.7 Å². The number of hydrogen-bond donors (Lipinski definition) is 1. The Balaban J connectivity index is 1.84. The second-order valence-electron chi connectivity index (χ2n) is 5.06. The van der Waals surface area contributed by atoms with Crippen LogP contribution in [-0.4, -0.2) is 49.6 Å². The zero-order valence-electron chi connectivity index (χ0n) is 10.4. The fourth-order valence-electron chi connectivity index (χ4n) is 2.09. The summed E-state index contributed by atoms with van der Waals surface area (Å²) in [6.45, 7) is 0.271. The van der Waals surface area contributed by atoms with Crippen LogP contribution in [-0.2, 0) is 14.3 Å². The number of rotatable bonds is 6. The number of nitrogens with zero attached hydrogens (tertiary/aromatic N) is 1.